The molecule has 3 aliphatic rings. The van der Waals surface area contributed by atoms with Crippen molar-refractivity contribution in [3.63, 3.8) is 0 Å². The lowest BCUT2D eigenvalue weighted by Crippen LogP contribution is -2.37. The second kappa shape index (κ2) is 5.38. The number of thiazole rings is 1. The topological polar surface area (TPSA) is 33.2 Å². The molecule has 0 aromatic carbocycles. The summed E-state index contributed by atoms with van der Waals surface area (Å²) in [4.78, 5) is 18.6. The Morgan fingerprint density at radius 2 is 2.24 bits per heavy atom. The van der Waals surface area contributed by atoms with Crippen molar-refractivity contribution >= 4 is 17.2 Å². The Bertz CT molecular complexity index is 541. The van der Waals surface area contributed by atoms with Gasteiger partial charge in [0.1, 0.15) is 0 Å². The van der Waals surface area contributed by atoms with Gasteiger partial charge in [-0.3, -0.25) is 4.79 Å². The summed E-state index contributed by atoms with van der Waals surface area (Å²) in [6, 6.07) is 0. The van der Waals surface area contributed by atoms with Gasteiger partial charge >= 0.3 is 0 Å². The molecule has 2 saturated carbocycles. The number of nitrogens with zero attached hydrogens (tertiary/aromatic N) is 2. The van der Waals surface area contributed by atoms with Crippen molar-refractivity contribution in [3.05, 3.63) is 16.1 Å². The van der Waals surface area contributed by atoms with E-state index in [1.54, 1.807) is 6.92 Å². The Labute approximate surface area is 130 Å². The maximum absolute atomic E-state index is 11.6. The zero-order valence-electron chi connectivity index (χ0n) is 12.8. The van der Waals surface area contributed by atoms with E-state index >= 15 is 0 Å². The Hall–Kier alpha value is -0.900. The van der Waals surface area contributed by atoms with Gasteiger partial charge in [0.15, 0.2) is 0 Å². The fraction of sp³-hybridized carbons (Fsp3) is 0.765. The predicted octanol–water partition coefficient (Wildman–Crippen LogP) is 3.77. The maximum Gasteiger partial charge on any atom is 0.219 e. The van der Waals surface area contributed by atoms with Gasteiger partial charge in [0.05, 0.1) is 10.7 Å². The molecule has 0 N–H and O–H groups in total. The van der Waals surface area contributed by atoms with Crippen LogP contribution in [-0.4, -0.2) is 28.9 Å². The summed E-state index contributed by atoms with van der Waals surface area (Å²) < 4.78 is 0. The second-order valence-corrected chi connectivity index (χ2v) is 8.09. The SMILES string of the molecule is CC(=O)N1CCC[C@@H](c2nc([C@H]3C[C@H]4CC[C@H]3C4)cs2)C1. The van der Waals surface area contributed by atoms with Gasteiger partial charge in [0.2, 0.25) is 5.91 Å². The van der Waals surface area contributed by atoms with Crippen molar-refractivity contribution in [1.82, 2.24) is 9.88 Å². The summed E-state index contributed by atoms with van der Waals surface area (Å²) in [5.74, 6) is 3.31. The number of amides is 1. The van der Waals surface area contributed by atoms with Gasteiger partial charge in [-0.1, -0.05) is 6.42 Å². The van der Waals surface area contributed by atoms with Crippen LogP contribution in [0, 0.1) is 11.8 Å². The van der Waals surface area contributed by atoms with Crippen LogP contribution >= 0.6 is 11.3 Å². The molecular weight excluding hydrogens is 280 g/mol. The first-order valence-corrected chi connectivity index (χ1v) is 9.29. The van der Waals surface area contributed by atoms with Crippen LogP contribution in [0.1, 0.15) is 68.0 Å². The van der Waals surface area contributed by atoms with Crippen molar-refractivity contribution < 1.29 is 4.79 Å². The van der Waals surface area contributed by atoms with E-state index in [1.165, 1.54) is 42.8 Å². The molecule has 0 spiro atoms. The number of rotatable bonds is 2. The van der Waals surface area contributed by atoms with Gasteiger partial charge in [0, 0.05) is 37.2 Å². The summed E-state index contributed by atoms with van der Waals surface area (Å²) in [5.41, 5.74) is 1.36. The van der Waals surface area contributed by atoms with Crippen LogP contribution < -0.4 is 0 Å². The van der Waals surface area contributed by atoms with Gasteiger partial charge in [-0.05, 0) is 43.9 Å². The number of carbonyl (C=O) groups excluding carboxylic acids is 1. The molecule has 2 heterocycles. The smallest absolute Gasteiger partial charge is 0.219 e. The summed E-state index contributed by atoms with van der Waals surface area (Å²) in [6.45, 7) is 3.49. The molecule has 2 aliphatic carbocycles. The molecule has 0 radical (unpaired) electrons. The molecule has 114 valence electrons. The van der Waals surface area contributed by atoms with E-state index in [2.05, 4.69) is 5.38 Å². The molecule has 1 saturated heterocycles. The summed E-state index contributed by atoms with van der Waals surface area (Å²) >= 11 is 1.83. The zero-order chi connectivity index (χ0) is 14.4. The van der Waals surface area contributed by atoms with Crippen molar-refractivity contribution in [1.29, 1.82) is 0 Å². The van der Waals surface area contributed by atoms with Crippen molar-refractivity contribution in [2.45, 2.75) is 57.3 Å². The number of aromatic nitrogens is 1. The van der Waals surface area contributed by atoms with Crippen molar-refractivity contribution in [3.8, 4) is 0 Å². The third kappa shape index (κ3) is 2.52. The van der Waals surface area contributed by atoms with E-state index in [1.807, 2.05) is 16.2 Å². The number of likely N-dealkylation sites (tertiary alicyclic amines) is 1. The molecule has 4 rings (SSSR count). The fourth-order valence-electron chi connectivity index (χ4n) is 4.73. The predicted molar refractivity (Wildman–Crippen MR) is 84.5 cm³/mol. The van der Waals surface area contributed by atoms with E-state index in [0.29, 0.717) is 5.92 Å². The molecule has 21 heavy (non-hydrogen) atoms. The highest BCUT2D eigenvalue weighted by molar-refractivity contribution is 7.09. The van der Waals surface area contributed by atoms with Gasteiger partial charge in [-0.15, -0.1) is 11.3 Å². The van der Waals surface area contributed by atoms with Gasteiger partial charge in [-0.25, -0.2) is 4.98 Å². The number of piperidine rings is 1. The van der Waals surface area contributed by atoms with Crippen LogP contribution in [-0.2, 0) is 4.79 Å². The van der Waals surface area contributed by atoms with Crippen LogP contribution in [0.2, 0.25) is 0 Å². The Morgan fingerprint density at radius 3 is 2.95 bits per heavy atom. The molecule has 3 fully saturated rings. The Balaban J connectivity index is 1.48. The molecular formula is C17H24N2OS. The third-order valence-electron chi connectivity index (χ3n) is 5.87. The first-order chi connectivity index (χ1) is 10.2. The molecule has 1 aromatic rings. The van der Waals surface area contributed by atoms with Crippen molar-refractivity contribution in [2.24, 2.45) is 11.8 Å². The molecule has 4 atom stereocenters. The van der Waals surface area contributed by atoms with E-state index in [9.17, 15) is 4.79 Å². The lowest BCUT2D eigenvalue weighted by atomic mass is 9.87. The van der Waals surface area contributed by atoms with E-state index in [-0.39, 0.29) is 5.91 Å². The zero-order valence-corrected chi connectivity index (χ0v) is 13.6. The van der Waals surface area contributed by atoms with E-state index < -0.39 is 0 Å². The number of carbonyl (C=O) groups is 1. The minimum absolute atomic E-state index is 0.213. The average Bonchev–Trinajstić information content (AvgIpc) is 3.23. The second-order valence-electron chi connectivity index (χ2n) is 7.20. The minimum atomic E-state index is 0.213. The number of hydrogen-bond donors (Lipinski definition) is 0. The standard InChI is InChI=1S/C17H24N2OS/c1-11(20)19-6-2-3-14(9-19)17-18-16(10-21-17)15-8-12-4-5-13(15)7-12/h10,12-15H,2-9H2,1H3/t12-,13-,14+,15-/m0/s1. The fourth-order valence-corrected chi connectivity index (χ4v) is 5.74. The lowest BCUT2D eigenvalue weighted by Gasteiger charge is -2.31. The summed E-state index contributed by atoms with van der Waals surface area (Å²) in [7, 11) is 0. The van der Waals surface area contributed by atoms with Crippen LogP contribution in [0.25, 0.3) is 0 Å². The maximum atomic E-state index is 11.6. The molecule has 0 unspecified atom stereocenters. The highest BCUT2D eigenvalue weighted by Crippen LogP contribution is 2.53. The Kier molecular flexibility index (Phi) is 3.52. The van der Waals surface area contributed by atoms with Gasteiger partial charge in [0.25, 0.3) is 0 Å². The van der Waals surface area contributed by atoms with Crippen LogP contribution in [0.5, 0.6) is 0 Å². The quantitative estimate of drug-likeness (QED) is 0.833. The molecule has 3 nitrogen and oxygen atoms in total. The van der Waals surface area contributed by atoms with Crippen molar-refractivity contribution in [2.75, 3.05) is 13.1 Å². The normalized spacial score (nSPS) is 35.4. The molecule has 1 aliphatic heterocycles. The first-order valence-electron chi connectivity index (χ1n) is 8.41. The van der Waals surface area contributed by atoms with E-state index in [0.717, 1.165) is 37.3 Å². The Morgan fingerprint density at radius 1 is 1.33 bits per heavy atom. The summed E-state index contributed by atoms with van der Waals surface area (Å²) in [6.07, 6.45) is 8.00. The van der Waals surface area contributed by atoms with Gasteiger partial charge in [-0.2, -0.15) is 0 Å². The third-order valence-corrected chi connectivity index (χ3v) is 6.90. The van der Waals surface area contributed by atoms with Gasteiger partial charge < -0.3 is 4.90 Å². The summed E-state index contributed by atoms with van der Waals surface area (Å²) in [5, 5.41) is 3.59. The minimum Gasteiger partial charge on any atom is -0.342 e. The largest absolute Gasteiger partial charge is 0.342 e. The average molecular weight is 304 g/mol. The first kappa shape index (κ1) is 13.7. The molecule has 4 heteroatoms. The molecule has 2 bridgehead atoms. The highest BCUT2D eigenvalue weighted by Gasteiger charge is 2.41. The highest BCUT2D eigenvalue weighted by atomic mass is 32.1. The molecule has 1 amide bonds. The van der Waals surface area contributed by atoms with Crippen LogP contribution in [0.15, 0.2) is 5.38 Å². The molecule has 1 aromatic heterocycles. The van der Waals surface area contributed by atoms with Crippen LogP contribution in [0.3, 0.4) is 0 Å². The van der Waals surface area contributed by atoms with Crippen LogP contribution in [0.4, 0.5) is 0 Å². The lowest BCUT2D eigenvalue weighted by molar-refractivity contribution is -0.130. The van der Waals surface area contributed by atoms with E-state index in [4.69, 9.17) is 4.98 Å². The number of hydrogen-bond acceptors (Lipinski definition) is 3. The monoisotopic (exact) mass is 304 g/mol. The number of fused-ring (bicyclic) bond motifs is 2.